The first-order valence-electron chi connectivity index (χ1n) is 29.6. The molecule has 0 saturated carbocycles. The molecule has 0 spiro atoms. The van der Waals surface area contributed by atoms with Crippen LogP contribution < -0.4 is 32.1 Å². The highest BCUT2D eigenvalue weighted by atomic mass is 16.2. The van der Waals surface area contributed by atoms with E-state index in [2.05, 4.69) is 73.5 Å². The molecule has 6 atom stereocenters. The number of hydrogen-bond acceptors (Lipinski definition) is 10. The lowest BCUT2D eigenvalue weighted by atomic mass is 9.82. The quantitative estimate of drug-likeness (QED) is 0.0437. The van der Waals surface area contributed by atoms with Gasteiger partial charge in [0.05, 0.1) is 58.4 Å². The van der Waals surface area contributed by atoms with Crippen LogP contribution in [0.25, 0.3) is 33.7 Å². The number of hydrogen-bond donors (Lipinski definition) is 8. The van der Waals surface area contributed by atoms with E-state index < -0.39 is 0 Å². The normalized spacial score (nSPS) is 18.7. The van der Waals surface area contributed by atoms with Crippen molar-refractivity contribution in [3.8, 4) is 22.5 Å². The second kappa shape index (κ2) is 25.0. The van der Waals surface area contributed by atoms with Crippen molar-refractivity contribution >= 4 is 46.2 Å². The summed E-state index contributed by atoms with van der Waals surface area (Å²) in [5, 5.41) is 37.7. The average molecular weight is 1150 g/mol. The molecule has 16 heteroatoms. The Hall–Kier alpha value is -10.5. The van der Waals surface area contributed by atoms with Crippen molar-refractivity contribution in [1.82, 2.24) is 52.5 Å². The van der Waals surface area contributed by atoms with Crippen LogP contribution in [-0.2, 0) is 4.79 Å². The largest absolute Gasteiger partial charge is 0.355 e. The molecule has 2 aliphatic carbocycles. The summed E-state index contributed by atoms with van der Waals surface area (Å²) in [6.45, 7) is 6.15. The minimum atomic E-state index is -0.280. The molecule has 4 heterocycles. The van der Waals surface area contributed by atoms with E-state index in [9.17, 15) is 19.2 Å². The molecule has 0 fully saturated rings. The van der Waals surface area contributed by atoms with Gasteiger partial charge in [0.2, 0.25) is 5.91 Å². The summed E-state index contributed by atoms with van der Waals surface area (Å²) in [5.74, 6) is -0.796. The number of amides is 4. The Morgan fingerprint density at radius 2 is 1.13 bits per heavy atom. The number of H-pyrrole nitrogens is 2. The van der Waals surface area contributed by atoms with Gasteiger partial charge >= 0.3 is 0 Å². The van der Waals surface area contributed by atoms with E-state index in [-0.39, 0.29) is 59.6 Å². The van der Waals surface area contributed by atoms with Crippen molar-refractivity contribution in [2.75, 3.05) is 14.1 Å². The van der Waals surface area contributed by atoms with Crippen LogP contribution in [0.5, 0.6) is 0 Å². The van der Waals surface area contributed by atoms with Gasteiger partial charge in [-0.1, -0.05) is 153 Å². The number of aromatic amines is 2. The molecule has 4 aliphatic rings. The Bertz CT molecular complexity index is 4150. The third kappa shape index (κ3) is 12.0. The molecule has 2 aliphatic heterocycles. The standard InChI is InChI=1S/C71H68N12O4/c1-41-27-28-50(36-57(41)67-40-66(82-83-67)51-23-12-14-25-55(51)68(84)72-4)62-39-64(80-78-62)53-31-29-46(34-58(53)69(85)73-5)47-30-32-54(59(35-47)71(87)75-43(3)45-19-10-7-11-20-45)65-38-61(77-81-65)49-22-16-21-48(33-49)60-37-63(79-76-60)52-24-13-15-26-56(52)70(86)74-42(2)44-17-8-6-9-18-44/h6-26,28-34,36,38-39,41-43,47,63,66,79,82H,27,35,37,40H2,1-5H3,(H,72,84)(H,73,85)(H,74,86)(H,75,87)(H,77,81)(H,78,80). The van der Waals surface area contributed by atoms with Crippen LogP contribution in [0.4, 0.5) is 0 Å². The zero-order valence-electron chi connectivity index (χ0n) is 49.1. The number of allylic oxidation sites excluding steroid dienone is 7. The van der Waals surface area contributed by atoms with E-state index in [1.165, 1.54) is 0 Å². The van der Waals surface area contributed by atoms with Gasteiger partial charge in [0.1, 0.15) is 0 Å². The third-order valence-electron chi connectivity index (χ3n) is 17.0. The van der Waals surface area contributed by atoms with Crippen molar-refractivity contribution in [3.05, 3.63) is 261 Å². The Morgan fingerprint density at radius 3 is 1.82 bits per heavy atom. The predicted octanol–water partition coefficient (Wildman–Crippen LogP) is 11.9. The first-order chi connectivity index (χ1) is 42.4. The summed E-state index contributed by atoms with van der Waals surface area (Å²) in [4.78, 5) is 55.1. The van der Waals surface area contributed by atoms with Gasteiger partial charge < -0.3 is 32.1 Å². The van der Waals surface area contributed by atoms with Gasteiger partial charge in [-0.2, -0.15) is 20.4 Å². The number of nitrogens with one attached hydrogen (secondary N) is 8. The number of nitrogens with zero attached hydrogens (tertiary/aromatic N) is 4. The highest BCUT2D eigenvalue weighted by Gasteiger charge is 2.32. The Kier molecular flexibility index (Phi) is 16.4. The van der Waals surface area contributed by atoms with Gasteiger partial charge in [0, 0.05) is 71.8 Å². The van der Waals surface area contributed by atoms with Crippen molar-refractivity contribution < 1.29 is 19.2 Å². The number of carbonyl (C=O) groups excluding carboxylic acids is 4. The van der Waals surface area contributed by atoms with E-state index in [0.29, 0.717) is 69.7 Å². The van der Waals surface area contributed by atoms with Crippen LogP contribution >= 0.6 is 0 Å². The molecule has 8 aromatic rings. The molecule has 8 N–H and O–H groups in total. The first kappa shape index (κ1) is 57.0. The van der Waals surface area contributed by atoms with Gasteiger partial charge in [-0.15, -0.1) is 0 Å². The number of rotatable bonds is 17. The zero-order chi connectivity index (χ0) is 60.1. The van der Waals surface area contributed by atoms with E-state index in [4.69, 9.17) is 20.4 Å². The van der Waals surface area contributed by atoms with E-state index >= 15 is 0 Å². The van der Waals surface area contributed by atoms with Crippen molar-refractivity contribution in [2.24, 2.45) is 16.1 Å². The van der Waals surface area contributed by atoms with Crippen LogP contribution in [0, 0.1) is 5.92 Å². The molecular weight excluding hydrogens is 1080 g/mol. The maximum atomic E-state index is 14.7. The molecule has 12 rings (SSSR count). The summed E-state index contributed by atoms with van der Waals surface area (Å²) in [5.41, 5.74) is 23.3. The van der Waals surface area contributed by atoms with Crippen LogP contribution in [0.3, 0.4) is 0 Å². The summed E-state index contributed by atoms with van der Waals surface area (Å²) in [6, 6.07) is 52.2. The fourth-order valence-electron chi connectivity index (χ4n) is 12.1. The summed E-state index contributed by atoms with van der Waals surface area (Å²) >= 11 is 0. The van der Waals surface area contributed by atoms with Crippen LogP contribution in [0.1, 0.15) is 152 Å². The smallest absolute Gasteiger partial charge is 0.252 e. The third-order valence-corrected chi connectivity index (χ3v) is 17.0. The van der Waals surface area contributed by atoms with E-state index in [0.717, 1.165) is 73.6 Å². The number of aromatic nitrogens is 4. The molecule has 4 amide bonds. The molecule has 0 saturated heterocycles. The Morgan fingerprint density at radius 1 is 0.552 bits per heavy atom. The highest BCUT2D eigenvalue weighted by Crippen LogP contribution is 2.40. The zero-order valence-corrected chi connectivity index (χ0v) is 49.1. The lowest BCUT2D eigenvalue weighted by molar-refractivity contribution is -0.118. The van der Waals surface area contributed by atoms with Crippen LogP contribution in [0.15, 0.2) is 209 Å². The fraction of sp³-hybridized carbons (Fsp3) is 0.211. The van der Waals surface area contributed by atoms with Gasteiger partial charge in [-0.25, -0.2) is 0 Å². The average Bonchev–Trinajstić information content (AvgIpc) is 2.20. The lowest BCUT2D eigenvalue weighted by Gasteiger charge is -2.24. The molecule has 0 radical (unpaired) electrons. The monoisotopic (exact) mass is 1150 g/mol. The van der Waals surface area contributed by atoms with Gasteiger partial charge in [0.15, 0.2) is 0 Å². The van der Waals surface area contributed by atoms with E-state index in [1.54, 1.807) is 14.1 Å². The summed E-state index contributed by atoms with van der Waals surface area (Å²) < 4.78 is 0. The second-order valence-corrected chi connectivity index (χ2v) is 22.6. The van der Waals surface area contributed by atoms with Crippen molar-refractivity contribution in [3.63, 3.8) is 0 Å². The molecule has 436 valence electrons. The minimum absolute atomic E-state index is 0.136. The number of hydrazone groups is 2. The van der Waals surface area contributed by atoms with Gasteiger partial charge in [0.25, 0.3) is 17.7 Å². The van der Waals surface area contributed by atoms with Gasteiger partial charge in [-0.3, -0.25) is 29.4 Å². The Balaban J connectivity index is 0.777. The summed E-state index contributed by atoms with van der Waals surface area (Å²) in [6.07, 6.45) is 10.7. The molecule has 87 heavy (non-hydrogen) atoms. The van der Waals surface area contributed by atoms with Crippen LogP contribution in [-0.4, -0.2) is 69.5 Å². The van der Waals surface area contributed by atoms with Crippen LogP contribution in [0.2, 0.25) is 0 Å². The molecular formula is C71H68N12O4. The molecule has 6 unspecified atom stereocenters. The second-order valence-electron chi connectivity index (χ2n) is 22.6. The van der Waals surface area contributed by atoms with Crippen molar-refractivity contribution in [1.29, 1.82) is 0 Å². The lowest BCUT2D eigenvalue weighted by Crippen LogP contribution is -2.30. The topological polar surface area (TPSA) is 223 Å². The maximum absolute atomic E-state index is 14.7. The SMILES string of the molecule is CNC(=O)c1cc(C2C=CC(c3cc(-c4cccc(C5=NNC(c6ccccc6C(=O)NC(C)c6ccccc6)C5)c4)n[nH]3)=C(C(=O)NC(C)c3ccccc3)C2)ccc1-c1cc(C2=CCC(C)C(C3=NNC(c4ccccc4C(=O)NC)C3)=C2)n[nH]1. The van der Waals surface area contributed by atoms with Gasteiger partial charge in [-0.05, 0) is 120 Å². The number of benzene rings is 6. The maximum Gasteiger partial charge on any atom is 0.252 e. The fourth-order valence-corrected chi connectivity index (χ4v) is 12.1. The molecule has 6 aromatic carbocycles. The minimum Gasteiger partial charge on any atom is -0.355 e. The molecule has 0 bridgehead atoms. The first-order valence-corrected chi connectivity index (χ1v) is 29.6. The van der Waals surface area contributed by atoms with Crippen molar-refractivity contribution in [2.45, 2.75) is 76.5 Å². The highest BCUT2D eigenvalue weighted by molar-refractivity contribution is 6.07. The van der Waals surface area contributed by atoms with E-state index in [1.807, 2.05) is 178 Å². The summed E-state index contributed by atoms with van der Waals surface area (Å²) in [7, 11) is 3.26. The molecule has 16 nitrogen and oxygen atoms in total. The number of carbonyl (C=O) groups is 4. The Labute approximate surface area is 505 Å². The molecule has 2 aromatic heterocycles. The predicted molar refractivity (Wildman–Crippen MR) is 341 cm³/mol.